The molecule has 6 N–H and O–H groups in total. The molecule has 0 aromatic heterocycles. The summed E-state index contributed by atoms with van der Waals surface area (Å²) in [4.78, 5) is 30.8. The van der Waals surface area contributed by atoms with Crippen molar-refractivity contribution in [3.8, 4) is 11.8 Å². The maximum Gasteiger partial charge on any atom is 0.331 e. The van der Waals surface area contributed by atoms with Gasteiger partial charge >= 0.3 is 5.97 Å². The number of aliphatic hydroxyl groups is 5. The molecular formula is C85H101NO9. The van der Waals surface area contributed by atoms with Crippen molar-refractivity contribution in [1.29, 1.82) is 0 Å². The van der Waals surface area contributed by atoms with Crippen LogP contribution in [0.3, 0.4) is 0 Å². The molecule has 18 aliphatic rings. The molecule has 0 radical (unpaired) electrons. The first-order chi connectivity index (χ1) is 46.0. The molecule has 27 unspecified atom stereocenters. The van der Waals surface area contributed by atoms with Gasteiger partial charge in [-0.3, -0.25) is 0 Å². The summed E-state index contributed by atoms with van der Waals surface area (Å²) < 4.78 is 14.8. The quantitative estimate of drug-likeness (QED) is 0.0661. The number of carbonyl (C=O) groups excluding carboxylic acids is 2. The van der Waals surface area contributed by atoms with Crippen LogP contribution in [0.1, 0.15) is 191 Å². The highest BCUT2D eigenvalue weighted by atomic mass is 16.5. The molecule has 3 spiro atoms. The van der Waals surface area contributed by atoms with Gasteiger partial charge in [-0.2, -0.15) is 0 Å². The standard InChI is InChI=1S/C85H101NO9/c1-48-57-16-15-54(32-57)30-50-8-4-10-53(29-50)34-65-39-64-36-62-35-60-18-19-69(62)82(64)46-81(47-88)73-23-26-80-45-79(24-21-55(42-79)31-51-9-3-7-49(27-51)28-52-11-5-13-59(60)33-52)25-22-56-12-6-14-61(44-87)66(56)40-72(86-2)67-37-63(75(80)68-41-74(89)95-76(67)68)43-83(80,91)85(73,93)77(90)71-38-58(48)17-20-70(78(82)94-65)84(71,81)92/h3-14,27,29,33,41,47-48,54-55,57-58,60,62-65,67,69-73,75-78,86-87,90-93H,15-21,23-24,26,28,30-32,34-40,42-46H2,1-2H3. The van der Waals surface area contributed by atoms with Crippen LogP contribution in [-0.2, 0) is 57.8 Å². The highest BCUT2D eigenvalue weighted by Gasteiger charge is 2.88. The summed E-state index contributed by atoms with van der Waals surface area (Å²) >= 11 is 0. The number of ether oxygens (including phenoxy) is 2. The Hall–Kier alpha value is -4.96. The third-order valence-corrected chi connectivity index (χ3v) is 32.0. The van der Waals surface area contributed by atoms with Crippen LogP contribution in [0.25, 0.3) is 0 Å². The summed E-state index contributed by atoms with van der Waals surface area (Å²) in [6.45, 7) is 2.32. The lowest BCUT2D eigenvalue weighted by molar-refractivity contribution is -0.395. The molecule has 500 valence electrons. The lowest BCUT2D eigenvalue weighted by Gasteiger charge is -2.76. The minimum atomic E-state index is -2.26. The zero-order chi connectivity index (χ0) is 64.3. The van der Waals surface area contributed by atoms with Gasteiger partial charge in [-0.05, 0) is 289 Å². The van der Waals surface area contributed by atoms with Gasteiger partial charge in [0, 0.05) is 57.6 Å². The fourth-order valence-electron chi connectivity index (χ4n) is 28.7. The monoisotopic (exact) mass is 1280 g/mol. The number of fused-ring (bicyclic) bond motifs is 8. The van der Waals surface area contributed by atoms with Crippen molar-refractivity contribution in [2.45, 2.75) is 227 Å². The number of aldehydes is 1. The second-order valence-corrected chi connectivity index (χ2v) is 35.5. The highest BCUT2D eigenvalue weighted by molar-refractivity contribution is 5.86. The molecule has 27 atom stereocenters. The Balaban J connectivity index is 0.852. The van der Waals surface area contributed by atoms with Crippen LogP contribution in [0.15, 0.2) is 103 Å². The van der Waals surface area contributed by atoms with Crippen molar-refractivity contribution in [3.63, 3.8) is 0 Å². The van der Waals surface area contributed by atoms with E-state index < -0.39 is 74.3 Å². The molecule has 10 heteroatoms. The van der Waals surface area contributed by atoms with E-state index in [1.165, 1.54) is 46.1 Å². The van der Waals surface area contributed by atoms with E-state index in [4.69, 9.17) is 9.47 Å². The smallest absolute Gasteiger partial charge is 0.331 e. The zero-order valence-electron chi connectivity index (χ0n) is 56.1. The maximum atomic E-state index is 16.3. The van der Waals surface area contributed by atoms with Crippen molar-refractivity contribution in [2.24, 2.45) is 105 Å². The van der Waals surface area contributed by atoms with E-state index in [2.05, 4.69) is 103 Å². The topological polar surface area (TPSA) is 166 Å². The van der Waals surface area contributed by atoms with E-state index in [0.717, 1.165) is 119 Å². The predicted octanol–water partition coefficient (Wildman–Crippen LogP) is 12.3. The third kappa shape index (κ3) is 8.48. The second-order valence-electron chi connectivity index (χ2n) is 35.5. The van der Waals surface area contributed by atoms with Crippen molar-refractivity contribution >= 4 is 12.3 Å². The minimum Gasteiger partial charge on any atom is -0.454 e. The summed E-state index contributed by atoms with van der Waals surface area (Å²) in [6.07, 6.45) is 19.5. The molecule has 4 aromatic rings. The fraction of sp³-hybridized carbons (Fsp3) is 0.647. The number of nitrogens with one attached hydrogen (secondary N) is 1. The van der Waals surface area contributed by atoms with Crippen LogP contribution in [0.5, 0.6) is 0 Å². The molecular weight excluding hydrogens is 1180 g/mol. The average molecular weight is 1280 g/mol. The fourth-order valence-corrected chi connectivity index (χ4v) is 28.7. The van der Waals surface area contributed by atoms with Crippen molar-refractivity contribution in [1.82, 2.24) is 5.32 Å². The molecule has 11 fully saturated rings. The van der Waals surface area contributed by atoms with Gasteiger partial charge < -0.3 is 45.1 Å². The lowest BCUT2D eigenvalue weighted by atomic mass is 9.31. The molecule has 3 aliphatic heterocycles. The number of hydrogen-bond donors (Lipinski definition) is 6. The molecule has 0 amide bonds. The van der Waals surface area contributed by atoms with Crippen LogP contribution in [0.4, 0.5) is 0 Å². The number of rotatable bonds is 3. The first kappa shape index (κ1) is 61.2. The normalized spacial score (nSPS) is 48.3. The Kier molecular flexibility index (Phi) is 14.0. The second kappa shape index (κ2) is 21.8. The molecule has 4 aromatic carbocycles. The first-order valence-corrected chi connectivity index (χ1v) is 38.1. The Bertz CT molecular complexity index is 3880. The lowest BCUT2D eigenvalue weighted by Crippen LogP contribution is -2.87. The Morgan fingerprint density at radius 3 is 2.25 bits per heavy atom. The first-order valence-electron chi connectivity index (χ1n) is 38.1. The molecule has 22 rings (SSSR count). The summed E-state index contributed by atoms with van der Waals surface area (Å²) in [5.41, 5.74) is 1.79. The Morgan fingerprint density at radius 2 is 1.43 bits per heavy atom. The Morgan fingerprint density at radius 1 is 0.684 bits per heavy atom. The number of benzene rings is 4. The third-order valence-electron chi connectivity index (χ3n) is 32.0. The largest absolute Gasteiger partial charge is 0.454 e. The molecule has 95 heavy (non-hydrogen) atoms. The van der Waals surface area contributed by atoms with Gasteiger partial charge in [-0.15, -0.1) is 0 Å². The van der Waals surface area contributed by atoms with Gasteiger partial charge in [0.25, 0.3) is 0 Å². The van der Waals surface area contributed by atoms with Gasteiger partial charge in [0.05, 0.1) is 35.9 Å². The summed E-state index contributed by atoms with van der Waals surface area (Å²) in [7, 11) is 1.98. The van der Waals surface area contributed by atoms with Gasteiger partial charge in [0.2, 0.25) is 0 Å². The van der Waals surface area contributed by atoms with E-state index in [9.17, 15) is 15.0 Å². The number of hydrogen-bond acceptors (Lipinski definition) is 10. The van der Waals surface area contributed by atoms with Gasteiger partial charge in [0.1, 0.15) is 23.6 Å². The number of likely N-dealkylation sites (N-methyl/N-ethyl adjacent to an activating group) is 1. The predicted molar refractivity (Wildman–Crippen MR) is 362 cm³/mol. The van der Waals surface area contributed by atoms with Gasteiger partial charge in [0.15, 0.2) is 0 Å². The van der Waals surface area contributed by atoms with Gasteiger partial charge in [-0.25, -0.2) is 4.79 Å². The van der Waals surface area contributed by atoms with Crippen LogP contribution < -0.4 is 5.32 Å². The van der Waals surface area contributed by atoms with Crippen molar-refractivity contribution in [3.05, 3.63) is 153 Å². The van der Waals surface area contributed by atoms with Crippen LogP contribution in [-0.4, -0.2) is 92.1 Å². The Labute approximate surface area is 562 Å². The van der Waals surface area contributed by atoms with E-state index in [-0.39, 0.29) is 78.7 Å². The molecule has 1 saturated heterocycles. The number of esters is 1. The summed E-state index contributed by atoms with van der Waals surface area (Å²) in [6, 6.07) is 34.1. The van der Waals surface area contributed by atoms with E-state index >= 15 is 20.1 Å². The summed E-state index contributed by atoms with van der Waals surface area (Å²) in [5, 5.41) is 76.9. The van der Waals surface area contributed by atoms with Crippen LogP contribution in [0, 0.1) is 116 Å². The molecule has 3 heterocycles. The SMILES string of the molecule is CNC1Cc2c(cccc2CO)C#CC23CCC(Cc4cccc(c4)Cc4cccc(c4)C4CCC5C(C4)CC4CC6Cc7cccc(c7)CC7CCC(C7)C(C)C7CCC8C(O6)C45CC4(C=O)C5CCC6(C2)C2C9=CC(=O)OC9C1CC2CC6(O)C5(O)C(O)C(C7)C84O)C3. The van der Waals surface area contributed by atoms with Crippen LogP contribution in [0.2, 0.25) is 0 Å². The van der Waals surface area contributed by atoms with E-state index in [1.54, 1.807) is 6.08 Å². The van der Waals surface area contributed by atoms with Crippen LogP contribution >= 0.6 is 0 Å². The molecule has 10 saturated carbocycles. The number of aliphatic hydroxyl groups excluding tert-OH is 2. The maximum absolute atomic E-state index is 16.3. The molecule has 10 nitrogen and oxygen atoms in total. The molecule has 25 bridgehead atoms. The summed E-state index contributed by atoms with van der Waals surface area (Å²) in [5.74, 6) is 7.11. The zero-order valence-corrected chi connectivity index (χ0v) is 56.1. The number of carbonyl (C=O) groups is 2. The van der Waals surface area contributed by atoms with Crippen molar-refractivity contribution in [2.75, 3.05) is 7.05 Å². The minimum absolute atomic E-state index is 0.0876. The molecule has 15 aliphatic carbocycles. The highest BCUT2D eigenvalue weighted by Crippen LogP contribution is 2.82. The van der Waals surface area contributed by atoms with E-state index in [0.29, 0.717) is 75.0 Å². The average Bonchev–Trinajstić information content (AvgIpc) is 1.61. The van der Waals surface area contributed by atoms with Gasteiger partial charge in [-0.1, -0.05) is 104 Å². The van der Waals surface area contributed by atoms with E-state index in [1.807, 2.05) is 19.2 Å². The van der Waals surface area contributed by atoms with Crippen molar-refractivity contribution < 1.29 is 44.6 Å².